The molecular formula is C15H19N3O2. The van der Waals surface area contributed by atoms with E-state index < -0.39 is 0 Å². The number of benzene rings is 1. The van der Waals surface area contributed by atoms with Crippen molar-refractivity contribution < 1.29 is 4.92 Å². The highest BCUT2D eigenvalue weighted by molar-refractivity contribution is 5.32. The van der Waals surface area contributed by atoms with Gasteiger partial charge in [-0.15, -0.1) is 0 Å². The maximum Gasteiger partial charge on any atom is 0.269 e. The summed E-state index contributed by atoms with van der Waals surface area (Å²) in [5, 5.41) is 13.9. The molecule has 106 valence electrons. The quantitative estimate of drug-likeness (QED) is 0.623. The van der Waals surface area contributed by atoms with Crippen LogP contribution in [0.15, 0.2) is 42.6 Å². The summed E-state index contributed by atoms with van der Waals surface area (Å²) in [6.45, 7) is 4.69. The van der Waals surface area contributed by atoms with E-state index in [-0.39, 0.29) is 10.6 Å². The van der Waals surface area contributed by atoms with Gasteiger partial charge in [-0.05, 0) is 24.1 Å². The van der Waals surface area contributed by atoms with Gasteiger partial charge in [-0.2, -0.15) is 0 Å². The first kappa shape index (κ1) is 14.3. The van der Waals surface area contributed by atoms with Crippen molar-refractivity contribution >= 4 is 5.69 Å². The zero-order chi connectivity index (χ0) is 14.4. The Morgan fingerprint density at radius 3 is 2.60 bits per heavy atom. The highest BCUT2D eigenvalue weighted by Crippen LogP contribution is 2.12. The Kier molecular flexibility index (Phi) is 4.90. The normalized spacial score (nSPS) is 10.7. The lowest BCUT2D eigenvalue weighted by molar-refractivity contribution is -0.384. The van der Waals surface area contributed by atoms with Gasteiger partial charge in [0, 0.05) is 43.7 Å². The summed E-state index contributed by atoms with van der Waals surface area (Å²) in [7, 11) is 0. The topological polar surface area (TPSA) is 60.1 Å². The van der Waals surface area contributed by atoms with Crippen LogP contribution in [0.5, 0.6) is 0 Å². The van der Waals surface area contributed by atoms with Gasteiger partial charge >= 0.3 is 0 Å². The van der Waals surface area contributed by atoms with Crippen molar-refractivity contribution in [3.63, 3.8) is 0 Å². The zero-order valence-corrected chi connectivity index (χ0v) is 11.6. The lowest BCUT2D eigenvalue weighted by Crippen LogP contribution is -2.15. The second-order valence-corrected chi connectivity index (χ2v) is 4.72. The van der Waals surface area contributed by atoms with Gasteiger partial charge in [0.25, 0.3) is 5.69 Å². The SMILES string of the molecule is CCCn1cccc1CNCc1ccc([N+](=O)[O-])cc1. The van der Waals surface area contributed by atoms with Crippen LogP contribution in [-0.4, -0.2) is 9.49 Å². The van der Waals surface area contributed by atoms with E-state index in [4.69, 9.17) is 0 Å². The fourth-order valence-corrected chi connectivity index (χ4v) is 2.14. The third-order valence-electron chi connectivity index (χ3n) is 3.17. The molecule has 0 radical (unpaired) electrons. The van der Waals surface area contributed by atoms with Crippen LogP contribution in [0.2, 0.25) is 0 Å². The maximum atomic E-state index is 10.6. The Bertz CT molecular complexity index is 561. The van der Waals surface area contributed by atoms with Crippen LogP contribution in [0, 0.1) is 10.1 Å². The molecule has 1 aromatic heterocycles. The van der Waals surface area contributed by atoms with E-state index in [1.165, 1.54) is 17.8 Å². The average Bonchev–Trinajstić information content (AvgIpc) is 2.87. The number of rotatable bonds is 7. The summed E-state index contributed by atoms with van der Waals surface area (Å²) in [4.78, 5) is 10.2. The molecule has 0 aliphatic rings. The third-order valence-corrected chi connectivity index (χ3v) is 3.17. The van der Waals surface area contributed by atoms with Gasteiger partial charge in [0.15, 0.2) is 0 Å². The average molecular weight is 273 g/mol. The molecule has 1 heterocycles. The molecule has 0 saturated heterocycles. The van der Waals surface area contributed by atoms with E-state index in [0.717, 1.165) is 25.1 Å². The standard InChI is InChI=1S/C15H19N3O2/c1-2-9-17-10-3-4-15(17)12-16-11-13-5-7-14(8-6-13)18(19)20/h3-8,10,16H,2,9,11-12H2,1H3. The molecule has 2 aromatic rings. The van der Waals surface area contributed by atoms with Gasteiger partial charge in [-0.1, -0.05) is 19.1 Å². The molecule has 0 bridgehead atoms. The van der Waals surface area contributed by atoms with Gasteiger partial charge < -0.3 is 9.88 Å². The molecule has 5 nitrogen and oxygen atoms in total. The molecular weight excluding hydrogens is 254 g/mol. The van der Waals surface area contributed by atoms with E-state index >= 15 is 0 Å². The van der Waals surface area contributed by atoms with Gasteiger partial charge in [0.05, 0.1) is 4.92 Å². The van der Waals surface area contributed by atoms with Crippen molar-refractivity contribution in [1.82, 2.24) is 9.88 Å². The summed E-state index contributed by atoms with van der Waals surface area (Å²) in [6, 6.07) is 10.8. The van der Waals surface area contributed by atoms with Crippen LogP contribution in [0.4, 0.5) is 5.69 Å². The molecule has 1 aromatic carbocycles. The summed E-state index contributed by atoms with van der Waals surface area (Å²) < 4.78 is 2.24. The number of nitro groups is 1. The number of aromatic nitrogens is 1. The number of hydrogen-bond acceptors (Lipinski definition) is 3. The number of nitro benzene ring substituents is 1. The van der Waals surface area contributed by atoms with Crippen LogP contribution in [0.1, 0.15) is 24.6 Å². The molecule has 0 atom stereocenters. The summed E-state index contributed by atoms with van der Waals surface area (Å²) in [5.41, 5.74) is 2.43. The van der Waals surface area contributed by atoms with E-state index in [1.54, 1.807) is 12.1 Å². The summed E-state index contributed by atoms with van der Waals surface area (Å²) in [5.74, 6) is 0. The summed E-state index contributed by atoms with van der Waals surface area (Å²) in [6.07, 6.45) is 3.20. The van der Waals surface area contributed by atoms with Crippen LogP contribution >= 0.6 is 0 Å². The molecule has 0 unspecified atom stereocenters. The lowest BCUT2D eigenvalue weighted by atomic mass is 10.2. The van der Waals surface area contributed by atoms with Crippen LogP contribution in [0.25, 0.3) is 0 Å². The Balaban J connectivity index is 1.86. The van der Waals surface area contributed by atoms with E-state index in [9.17, 15) is 10.1 Å². The summed E-state index contributed by atoms with van der Waals surface area (Å²) >= 11 is 0. The first-order valence-electron chi connectivity index (χ1n) is 6.78. The Morgan fingerprint density at radius 1 is 1.20 bits per heavy atom. The number of aryl methyl sites for hydroxylation is 1. The number of nitrogens with one attached hydrogen (secondary N) is 1. The van der Waals surface area contributed by atoms with E-state index in [0.29, 0.717) is 6.54 Å². The fourth-order valence-electron chi connectivity index (χ4n) is 2.14. The van der Waals surface area contributed by atoms with Crippen molar-refractivity contribution in [2.24, 2.45) is 0 Å². The van der Waals surface area contributed by atoms with Crippen LogP contribution in [0.3, 0.4) is 0 Å². The minimum absolute atomic E-state index is 0.130. The Hall–Kier alpha value is -2.14. The van der Waals surface area contributed by atoms with Gasteiger partial charge in [-0.25, -0.2) is 0 Å². The van der Waals surface area contributed by atoms with Crippen molar-refractivity contribution in [1.29, 1.82) is 0 Å². The van der Waals surface area contributed by atoms with Crippen LogP contribution in [-0.2, 0) is 19.6 Å². The smallest absolute Gasteiger partial charge is 0.269 e. The van der Waals surface area contributed by atoms with Gasteiger partial charge in [0.2, 0.25) is 0 Å². The van der Waals surface area contributed by atoms with Crippen molar-refractivity contribution in [3.05, 3.63) is 64.0 Å². The minimum Gasteiger partial charge on any atom is -0.350 e. The van der Waals surface area contributed by atoms with E-state index in [2.05, 4.69) is 35.1 Å². The molecule has 1 N–H and O–H groups in total. The number of nitrogens with zero attached hydrogens (tertiary/aromatic N) is 2. The van der Waals surface area contributed by atoms with E-state index in [1.807, 2.05) is 0 Å². The molecule has 0 amide bonds. The highest BCUT2D eigenvalue weighted by Gasteiger charge is 2.04. The molecule has 0 spiro atoms. The van der Waals surface area contributed by atoms with Crippen molar-refractivity contribution in [2.45, 2.75) is 33.0 Å². The zero-order valence-electron chi connectivity index (χ0n) is 11.6. The predicted molar refractivity (Wildman–Crippen MR) is 78.4 cm³/mol. The van der Waals surface area contributed by atoms with Gasteiger partial charge in [-0.3, -0.25) is 10.1 Å². The molecule has 5 heteroatoms. The predicted octanol–water partition coefficient (Wildman–Crippen LogP) is 3.10. The maximum absolute atomic E-state index is 10.6. The molecule has 0 aliphatic carbocycles. The van der Waals surface area contributed by atoms with Crippen molar-refractivity contribution in [3.8, 4) is 0 Å². The molecule has 0 aliphatic heterocycles. The first-order valence-corrected chi connectivity index (χ1v) is 6.78. The monoisotopic (exact) mass is 273 g/mol. The molecule has 2 rings (SSSR count). The van der Waals surface area contributed by atoms with Crippen LogP contribution < -0.4 is 5.32 Å². The molecule has 0 fully saturated rings. The minimum atomic E-state index is -0.380. The Morgan fingerprint density at radius 2 is 1.95 bits per heavy atom. The lowest BCUT2D eigenvalue weighted by Gasteiger charge is -2.09. The molecule has 0 saturated carbocycles. The first-order chi connectivity index (χ1) is 9.70. The second kappa shape index (κ2) is 6.86. The number of non-ortho nitro benzene ring substituents is 1. The Labute approximate surface area is 118 Å². The van der Waals surface area contributed by atoms with Gasteiger partial charge in [0.1, 0.15) is 0 Å². The molecule has 20 heavy (non-hydrogen) atoms. The largest absolute Gasteiger partial charge is 0.350 e. The fraction of sp³-hybridized carbons (Fsp3) is 0.333. The van der Waals surface area contributed by atoms with Crippen molar-refractivity contribution in [2.75, 3.05) is 0 Å². The highest BCUT2D eigenvalue weighted by atomic mass is 16.6. The third kappa shape index (κ3) is 3.68. The number of hydrogen-bond donors (Lipinski definition) is 1. The second-order valence-electron chi connectivity index (χ2n) is 4.72.